The summed E-state index contributed by atoms with van der Waals surface area (Å²) < 4.78 is 2.31. The van der Waals surface area contributed by atoms with Gasteiger partial charge in [-0.25, -0.2) is 4.52 Å². The van der Waals surface area contributed by atoms with Gasteiger partial charge in [0, 0.05) is 17.3 Å². The molecular formula is C17H11N3OS2. The lowest BCUT2D eigenvalue weighted by molar-refractivity contribution is -0.115. The van der Waals surface area contributed by atoms with Crippen molar-refractivity contribution in [3.8, 4) is 11.3 Å². The first-order valence-corrected chi connectivity index (χ1v) is 8.22. The van der Waals surface area contributed by atoms with E-state index in [4.69, 9.17) is 12.2 Å². The second kappa shape index (κ2) is 5.64. The Morgan fingerprint density at radius 2 is 1.91 bits per heavy atom. The number of hydrogen-bond donors (Lipinski definition) is 1. The number of thioether (sulfide) groups is 1. The number of amides is 1. The predicted octanol–water partition coefficient (Wildman–Crippen LogP) is 3.49. The van der Waals surface area contributed by atoms with Crippen LogP contribution in [0.1, 0.15) is 5.56 Å². The SMILES string of the molecule is O=C1NC(=S)S/C1=C\c1c(-c2ccccc2)nn2ccccc12. The van der Waals surface area contributed by atoms with Gasteiger partial charge < -0.3 is 5.32 Å². The average Bonchev–Trinajstić information content (AvgIpc) is 3.09. The van der Waals surface area contributed by atoms with Crippen molar-refractivity contribution in [1.82, 2.24) is 14.9 Å². The fraction of sp³-hybridized carbons (Fsp3) is 0. The van der Waals surface area contributed by atoms with E-state index >= 15 is 0 Å². The largest absolute Gasteiger partial charge is 0.307 e. The number of rotatable bonds is 2. The molecule has 112 valence electrons. The number of thiocarbonyl (C=S) groups is 1. The minimum Gasteiger partial charge on any atom is -0.307 e. The normalized spacial score (nSPS) is 16.3. The zero-order valence-electron chi connectivity index (χ0n) is 11.9. The first-order valence-electron chi connectivity index (χ1n) is 7.00. The van der Waals surface area contributed by atoms with E-state index in [-0.39, 0.29) is 5.91 Å². The molecule has 4 rings (SSSR count). The monoisotopic (exact) mass is 337 g/mol. The molecule has 1 amide bonds. The highest BCUT2D eigenvalue weighted by Gasteiger charge is 2.23. The maximum absolute atomic E-state index is 12.0. The van der Waals surface area contributed by atoms with Gasteiger partial charge in [0.15, 0.2) is 0 Å². The number of carbonyl (C=O) groups is 1. The summed E-state index contributed by atoms with van der Waals surface area (Å²) >= 11 is 6.34. The molecule has 23 heavy (non-hydrogen) atoms. The number of benzene rings is 1. The number of aromatic nitrogens is 2. The molecule has 0 unspecified atom stereocenters. The van der Waals surface area contributed by atoms with Gasteiger partial charge in [-0.05, 0) is 18.2 Å². The Balaban J connectivity index is 1.95. The van der Waals surface area contributed by atoms with Crippen molar-refractivity contribution in [1.29, 1.82) is 0 Å². The van der Waals surface area contributed by atoms with Crippen LogP contribution in [0.4, 0.5) is 0 Å². The Hall–Kier alpha value is -2.44. The molecule has 0 spiro atoms. The van der Waals surface area contributed by atoms with Crippen LogP contribution in [0.5, 0.6) is 0 Å². The fourth-order valence-electron chi connectivity index (χ4n) is 2.52. The number of fused-ring (bicyclic) bond motifs is 1. The van der Waals surface area contributed by atoms with E-state index in [2.05, 4.69) is 10.4 Å². The Morgan fingerprint density at radius 1 is 1.13 bits per heavy atom. The molecule has 1 saturated heterocycles. The highest BCUT2D eigenvalue weighted by Crippen LogP contribution is 2.32. The molecule has 1 aromatic carbocycles. The molecular weight excluding hydrogens is 326 g/mol. The third-order valence-corrected chi connectivity index (χ3v) is 4.71. The van der Waals surface area contributed by atoms with Crippen LogP contribution in [-0.2, 0) is 4.79 Å². The Labute approximate surface area is 142 Å². The van der Waals surface area contributed by atoms with Crippen LogP contribution in [0, 0.1) is 0 Å². The molecule has 0 atom stereocenters. The quantitative estimate of drug-likeness (QED) is 0.574. The van der Waals surface area contributed by atoms with Gasteiger partial charge in [-0.15, -0.1) is 0 Å². The number of nitrogens with one attached hydrogen (secondary N) is 1. The van der Waals surface area contributed by atoms with E-state index < -0.39 is 0 Å². The minimum absolute atomic E-state index is 0.158. The zero-order chi connectivity index (χ0) is 15.8. The molecule has 3 heterocycles. The molecule has 1 fully saturated rings. The number of hydrogen-bond acceptors (Lipinski definition) is 4. The minimum atomic E-state index is -0.158. The van der Waals surface area contributed by atoms with Crippen LogP contribution in [-0.4, -0.2) is 19.8 Å². The van der Waals surface area contributed by atoms with Gasteiger partial charge >= 0.3 is 0 Å². The van der Waals surface area contributed by atoms with E-state index in [0.717, 1.165) is 22.3 Å². The van der Waals surface area contributed by atoms with E-state index in [1.165, 1.54) is 11.8 Å². The molecule has 3 aromatic rings. The number of carbonyl (C=O) groups excluding carboxylic acids is 1. The first kappa shape index (κ1) is 14.2. The van der Waals surface area contributed by atoms with Gasteiger partial charge in [0.1, 0.15) is 10.0 Å². The van der Waals surface area contributed by atoms with Gasteiger partial charge in [-0.3, -0.25) is 4.79 Å². The van der Waals surface area contributed by atoms with Gasteiger partial charge in [-0.2, -0.15) is 5.10 Å². The highest BCUT2D eigenvalue weighted by molar-refractivity contribution is 8.26. The molecule has 0 bridgehead atoms. The summed E-state index contributed by atoms with van der Waals surface area (Å²) in [6.45, 7) is 0. The summed E-state index contributed by atoms with van der Waals surface area (Å²) in [5, 5.41) is 7.31. The molecule has 1 aliphatic rings. The molecule has 1 aliphatic heterocycles. The van der Waals surface area contributed by atoms with Crippen LogP contribution < -0.4 is 5.32 Å². The van der Waals surface area contributed by atoms with Gasteiger partial charge in [0.25, 0.3) is 5.91 Å². The van der Waals surface area contributed by atoms with Crippen LogP contribution in [0.2, 0.25) is 0 Å². The second-order valence-electron chi connectivity index (χ2n) is 5.01. The fourth-order valence-corrected chi connectivity index (χ4v) is 3.55. The standard InChI is InChI=1S/C17H11N3OS2/c21-16-14(23-17(22)18-16)10-12-13-8-4-5-9-20(13)19-15(12)11-6-2-1-3-7-11/h1-10H,(H,18,21,22)/b14-10-. The van der Waals surface area contributed by atoms with Gasteiger partial charge in [-0.1, -0.05) is 60.4 Å². The van der Waals surface area contributed by atoms with Gasteiger partial charge in [0.05, 0.1) is 10.4 Å². The highest BCUT2D eigenvalue weighted by atomic mass is 32.2. The third-order valence-electron chi connectivity index (χ3n) is 3.54. The lowest BCUT2D eigenvalue weighted by Crippen LogP contribution is -2.17. The maximum Gasteiger partial charge on any atom is 0.263 e. The summed E-state index contributed by atoms with van der Waals surface area (Å²) in [7, 11) is 0. The summed E-state index contributed by atoms with van der Waals surface area (Å²) in [5.41, 5.74) is 3.72. The van der Waals surface area contributed by atoms with Crippen LogP contribution >= 0.6 is 24.0 Å². The molecule has 6 heteroatoms. The van der Waals surface area contributed by atoms with Crippen LogP contribution in [0.25, 0.3) is 22.9 Å². The smallest absolute Gasteiger partial charge is 0.263 e. The summed E-state index contributed by atoms with van der Waals surface area (Å²) in [4.78, 5) is 12.6. The molecule has 0 saturated carbocycles. The van der Waals surface area contributed by atoms with Crippen molar-refractivity contribution in [2.75, 3.05) is 0 Å². The van der Waals surface area contributed by atoms with Crippen molar-refractivity contribution < 1.29 is 4.79 Å². The molecule has 0 radical (unpaired) electrons. The van der Waals surface area contributed by atoms with Gasteiger partial charge in [0.2, 0.25) is 0 Å². The maximum atomic E-state index is 12.0. The van der Waals surface area contributed by atoms with E-state index in [0.29, 0.717) is 9.23 Å². The van der Waals surface area contributed by atoms with Crippen molar-refractivity contribution in [3.63, 3.8) is 0 Å². The molecule has 4 nitrogen and oxygen atoms in total. The molecule has 0 aliphatic carbocycles. The Kier molecular flexibility index (Phi) is 3.48. The average molecular weight is 337 g/mol. The number of nitrogens with zero attached hydrogens (tertiary/aromatic N) is 2. The lowest BCUT2D eigenvalue weighted by atomic mass is 10.1. The van der Waals surface area contributed by atoms with E-state index in [1.807, 2.05) is 65.3 Å². The van der Waals surface area contributed by atoms with Crippen molar-refractivity contribution in [2.45, 2.75) is 0 Å². The third kappa shape index (κ3) is 2.56. The zero-order valence-corrected chi connectivity index (χ0v) is 13.5. The van der Waals surface area contributed by atoms with Crippen molar-refractivity contribution in [3.05, 3.63) is 65.2 Å². The Morgan fingerprint density at radius 3 is 2.65 bits per heavy atom. The second-order valence-corrected chi connectivity index (χ2v) is 6.73. The molecule has 1 N–H and O–H groups in total. The predicted molar refractivity (Wildman–Crippen MR) is 96.9 cm³/mol. The van der Waals surface area contributed by atoms with Crippen LogP contribution in [0.3, 0.4) is 0 Å². The van der Waals surface area contributed by atoms with E-state index in [9.17, 15) is 4.79 Å². The topological polar surface area (TPSA) is 46.4 Å². The first-order chi connectivity index (χ1) is 11.2. The summed E-state index contributed by atoms with van der Waals surface area (Å²) in [6, 6.07) is 15.8. The van der Waals surface area contributed by atoms with Crippen molar-refractivity contribution in [2.24, 2.45) is 0 Å². The van der Waals surface area contributed by atoms with Crippen LogP contribution in [0.15, 0.2) is 59.6 Å². The van der Waals surface area contributed by atoms with E-state index in [1.54, 1.807) is 0 Å². The number of pyridine rings is 1. The summed E-state index contributed by atoms with van der Waals surface area (Å²) in [5.74, 6) is -0.158. The summed E-state index contributed by atoms with van der Waals surface area (Å²) in [6.07, 6.45) is 3.76. The Bertz CT molecular complexity index is 960. The lowest BCUT2D eigenvalue weighted by Gasteiger charge is -1.99. The van der Waals surface area contributed by atoms with Crippen molar-refractivity contribution >= 4 is 45.8 Å². The molecule has 2 aromatic heterocycles.